The van der Waals surface area contributed by atoms with E-state index in [4.69, 9.17) is 11.6 Å². The number of amides is 1. The number of halogens is 4. The highest BCUT2D eigenvalue weighted by molar-refractivity contribution is 6.28. The number of tetrazole rings is 1. The summed E-state index contributed by atoms with van der Waals surface area (Å²) in [5.74, 6) is -3.79. The van der Waals surface area contributed by atoms with Gasteiger partial charge in [0.1, 0.15) is 5.69 Å². The van der Waals surface area contributed by atoms with Crippen molar-refractivity contribution in [1.29, 1.82) is 0 Å². The van der Waals surface area contributed by atoms with E-state index in [0.717, 1.165) is 25.0 Å². The summed E-state index contributed by atoms with van der Waals surface area (Å²) in [6.45, 7) is 3.41. The Hall–Kier alpha value is -3.15. The molecule has 0 saturated heterocycles. The Labute approximate surface area is 186 Å². The molecule has 2 heterocycles. The van der Waals surface area contributed by atoms with Gasteiger partial charge in [0.05, 0.1) is 6.54 Å². The molecule has 0 spiro atoms. The van der Waals surface area contributed by atoms with Gasteiger partial charge in [-0.1, -0.05) is 13.3 Å². The largest absolute Gasteiger partial charge is 0.368 e. The van der Waals surface area contributed by atoms with Gasteiger partial charge in [0.15, 0.2) is 29.1 Å². The van der Waals surface area contributed by atoms with Gasteiger partial charge in [-0.05, 0) is 47.4 Å². The number of hydrogen-bond donors (Lipinski definition) is 3. The first-order valence-electron chi connectivity index (χ1n) is 10.0. The Morgan fingerprint density at radius 2 is 1.94 bits per heavy atom. The molecule has 0 aliphatic heterocycles. The van der Waals surface area contributed by atoms with Gasteiger partial charge in [-0.25, -0.2) is 18.2 Å². The van der Waals surface area contributed by atoms with Gasteiger partial charge in [0.2, 0.25) is 5.28 Å². The van der Waals surface area contributed by atoms with Crippen molar-refractivity contribution in [3.05, 3.63) is 51.9 Å². The smallest absolute Gasteiger partial charge is 0.271 e. The molecule has 0 unspecified atom stereocenters. The zero-order valence-electron chi connectivity index (χ0n) is 17.3. The maximum Gasteiger partial charge on any atom is 0.271 e. The van der Waals surface area contributed by atoms with Crippen LogP contribution in [0.1, 0.15) is 48.1 Å². The second kappa shape index (κ2) is 10.9. The Morgan fingerprint density at radius 3 is 2.66 bits per heavy atom. The minimum Gasteiger partial charge on any atom is -0.368 e. The van der Waals surface area contributed by atoms with Crippen molar-refractivity contribution in [3.8, 4) is 0 Å². The summed E-state index contributed by atoms with van der Waals surface area (Å²) in [7, 11) is 0. The number of anilines is 1. The molecule has 0 bridgehead atoms. The summed E-state index contributed by atoms with van der Waals surface area (Å²) < 4.78 is 39.7. The predicted molar refractivity (Wildman–Crippen MR) is 111 cm³/mol. The molecule has 172 valence electrons. The lowest BCUT2D eigenvalue weighted by molar-refractivity contribution is 0.0948. The van der Waals surface area contributed by atoms with Gasteiger partial charge in [-0.3, -0.25) is 4.79 Å². The second-order valence-corrected chi connectivity index (χ2v) is 7.35. The molecule has 13 heteroatoms. The van der Waals surface area contributed by atoms with Crippen LogP contribution in [0.3, 0.4) is 0 Å². The van der Waals surface area contributed by atoms with Crippen LogP contribution in [0.25, 0.3) is 0 Å². The van der Waals surface area contributed by atoms with Gasteiger partial charge in [-0.15, -0.1) is 10.2 Å². The summed E-state index contributed by atoms with van der Waals surface area (Å²) in [5.41, 5.74) is 0.445. The van der Waals surface area contributed by atoms with E-state index in [1.54, 1.807) is 0 Å². The molecule has 0 radical (unpaired) electrons. The zero-order chi connectivity index (χ0) is 23.1. The quantitative estimate of drug-likeness (QED) is 0.293. The number of aryl methyl sites for hydroxylation is 1. The van der Waals surface area contributed by atoms with Gasteiger partial charge >= 0.3 is 0 Å². The lowest BCUT2D eigenvalue weighted by Crippen LogP contribution is -2.26. The number of aromatic amines is 1. The maximum absolute atomic E-state index is 13.3. The molecular formula is C19H22ClF3N8O. The number of rotatable bonds is 11. The monoisotopic (exact) mass is 470 g/mol. The second-order valence-electron chi connectivity index (χ2n) is 6.99. The van der Waals surface area contributed by atoms with Crippen LogP contribution >= 0.6 is 11.6 Å². The van der Waals surface area contributed by atoms with Crippen molar-refractivity contribution in [2.45, 2.75) is 39.2 Å². The van der Waals surface area contributed by atoms with Gasteiger partial charge in [0, 0.05) is 19.5 Å². The normalized spacial score (nSPS) is 11.0. The van der Waals surface area contributed by atoms with Crippen LogP contribution in [0.4, 0.5) is 19.0 Å². The molecule has 0 aliphatic rings. The molecule has 2 aromatic heterocycles. The molecule has 0 saturated carbocycles. The van der Waals surface area contributed by atoms with Crippen LogP contribution in [-0.4, -0.2) is 49.2 Å². The molecular weight excluding hydrogens is 449 g/mol. The fraction of sp³-hybridized carbons (Fsp3) is 0.421. The Balaban J connectivity index is 1.47. The highest BCUT2D eigenvalue weighted by atomic mass is 35.5. The molecule has 3 aromatic rings. The number of nitrogens with zero attached hydrogens (tertiary/aromatic N) is 5. The van der Waals surface area contributed by atoms with E-state index >= 15 is 0 Å². The van der Waals surface area contributed by atoms with Crippen LogP contribution < -0.4 is 10.6 Å². The molecule has 32 heavy (non-hydrogen) atoms. The van der Waals surface area contributed by atoms with E-state index < -0.39 is 17.5 Å². The van der Waals surface area contributed by atoms with E-state index in [0.29, 0.717) is 31.9 Å². The standard InChI is InChI=1S/C19H22ClF3N8O/c1-2-3-5-24-17-16(26-19(20)27-17)18(32)25-6-4-7-31-29-14(28-30-31)10-11-8-12(21)15(23)13(22)9-11/h8-9,24H,2-7,10H2,1H3,(H,25,32)(H,26,27). The predicted octanol–water partition coefficient (Wildman–Crippen LogP) is 3.09. The average molecular weight is 471 g/mol. The number of carbonyl (C=O) groups excluding carboxylic acids is 1. The number of unbranched alkanes of at least 4 members (excludes halogenated alkanes) is 1. The minimum atomic E-state index is -1.52. The van der Waals surface area contributed by atoms with E-state index in [2.05, 4.69) is 42.9 Å². The molecule has 0 atom stereocenters. The third-order valence-corrected chi connectivity index (χ3v) is 4.62. The average Bonchev–Trinajstić information content (AvgIpc) is 3.35. The lowest BCUT2D eigenvalue weighted by atomic mass is 10.1. The zero-order valence-corrected chi connectivity index (χ0v) is 18.0. The molecule has 0 fully saturated rings. The number of benzene rings is 1. The van der Waals surface area contributed by atoms with Crippen molar-refractivity contribution in [2.24, 2.45) is 0 Å². The highest BCUT2D eigenvalue weighted by Gasteiger charge is 2.16. The van der Waals surface area contributed by atoms with Crippen LogP contribution in [0, 0.1) is 17.5 Å². The Kier molecular flexibility index (Phi) is 8.03. The maximum atomic E-state index is 13.3. The number of hydrogen-bond acceptors (Lipinski definition) is 6. The fourth-order valence-corrected chi connectivity index (χ4v) is 3.04. The third-order valence-electron chi connectivity index (χ3n) is 4.45. The van der Waals surface area contributed by atoms with Crippen LogP contribution in [0.5, 0.6) is 0 Å². The van der Waals surface area contributed by atoms with Crippen molar-refractivity contribution >= 4 is 23.3 Å². The van der Waals surface area contributed by atoms with E-state index in [9.17, 15) is 18.0 Å². The summed E-state index contributed by atoms with van der Waals surface area (Å²) in [4.78, 5) is 20.5. The van der Waals surface area contributed by atoms with E-state index in [1.807, 2.05) is 0 Å². The highest BCUT2D eigenvalue weighted by Crippen LogP contribution is 2.16. The van der Waals surface area contributed by atoms with Gasteiger partial charge < -0.3 is 15.6 Å². The number of imidazole rings is 1. The van der Waals surface area contributed by atoms with Crippen LogP contribution in [0.2, 0.25) is 5.28 Å². The van der Waals surface area contributed by atoms with Crippen LogP contribution in [0.15, 0.2) is 12.1 Å². The lowest BCUT2D eigenvalue weighted by Gasteiger charge is -2.06. The summed E-state index contributed by atoms with van der Waals surface area (Å²) >= 11 is 5.88. The molecule has 1 aromatic carbocycles. The van der Waals surface area contributed by atoms with Gasteiger partial charge in [-0.2, -0.15) is 4.80 Å². The molecule has 3 N–H and O–H groups in total. The summed E-state index contributed by atoms with van der Waals surface area (Å²) in [5, 5.41) is 17.8. The molecule has 9 nitrogen and oxygen atoms in total. The summed E-state index contributed by atoms with van der Waals surface area (Å²) in [6, 6.07) is 1.78. The minimum absolute atomic E-state index is 0.000746. The SMILES string of the molecule is CCCCNc1nc(Cl)[nH]c1C(=O)NCCCn1nnc(Cc2cc(F)c(F)c(F)c2)n1. The van der Waals surface area contributed by atoms with Crippen LogP contribution in [-0.2, 0) is 13.0 Å². The van der Waals surface area contributed by atoms with Crippen molar-refractivity contribution in [2.75, 3.05) is 18.4 Å². The van der Waals surface area contributed by atoms with Crippen molar-refractivity contribution in [3.63, 3.8) is 0 Å². The Bertz CT molecular complexity index is 1050. The number of nitrogens with one attached hydrogen (secondary N) is 3. The molecule has 3 rings (SSSR count). The van der Waals surface area contributed by atoms with Crippen molar-refractivity contribution in [1.82, 2.24) is 35.5 Å². The number of H-pyrrole nitrogens is 1. The van der Waals surface area contributed by atoms with Crippen molar-refractivity contribution < 1.29 is 18.0 Å². The third kappa shape index (κ3) is 6.19. The first-order chi connectivity index (χ1) is 15.4. The topological polar surface area (TPSA) is 113 Å². The number of aromatic nitrogens is 6. The van der Waals surface area contributed by atoms with Gasteiger partial charge in [0.25, 0.3) is 5.91 Å². The fourth-order valence-electron chi connectivity index (χ4n) is 2.87. The molecule has 1 amide bonds. The Morgan fingerprint density at radius 1 is 1.19 bits per heavy atom. The van der Waals surface area contributed by atoms with E-state index in [1.165, 1.54) is 4.80 Å². The first kappa shape index (κ1) is 23.5. The van der Waals surface area contributed by atoms with E-state index in [-0.39, 0.29) is 34.7 Å². The molecule has 0 aliphatic carbocycles. The summed E-state index contributed by atoms with van der Waals surface area (Å²) in [6.07, 6.45) is 2.44. The number of carbonyl (C=O) groups is 1. The first-order valence-corrected chi connectivity index (χ1v) is 10.4.